The summed E-state index contributed by atoms with van der Waals surface area (Å²) in [6, 6.07) is 1.68. The van der Waals surface area contributed by atoms with Crippen molar-refractivity contribution in [3.63, 3.8) is 0 Å². The number of hydrogen-bond donors (Lipinski definition) is 2. The zero-order chi connectivity index (χ0) is 28.8. The van der Waals surface area contributed by atoms with Gasteiger partial charge in [-0.25, -0.2) is 24.4 Å². The Kier molecular flexibility index (Phi) is 6.79. The standard InChI is InChI=1S/C24H18F7N7O2/c25-15-5-14-17(6-13(15)20-32-7-12(8-33-20)23(26,27)28)34-10-38(22(14)40)4-3-11-1-2-16(11)36-18-9-35-37-21(39)19(18)24(29,30)31/h5-11,16H,1-4H2,(H2,36,37,39)/t11-,16+/m1/s1. The van der Waals surface area contributed by atoms with Crippen molar-refractivity contribution in [2.75, 3.05) is 5.32 Å². The van der Waals surface area contributed by atoms with Gasteiger partial charge in [-0.05, 0) is 37.3 Å². The predicted molar refractivity (Wildman–Crippen MR) is 127 cm³/mol. The van der Waals surface area contributed by atoms with Crippen molar-refractivity contribution >= 4 is 16.6 Å². The molecule has 1 saturated carbocycles. The fourth-order valence-corrected chi connectivity index (χ4v) is 4.52. The summed E-state index contributed by atoms with van der Waals surface area (Å²) in [5.74, 6) is -1.37. The summed E-state index contributed by atoms with van der Waals surface area (Å²) in [4.78, 5) is 36.0. The van der Waals surface area contributed by atoms with E-state index < -0.39 is 52.1 Å². The second-order valence-electron chi connectivity index (χ2n) is 9.25. The largest absolute Gasteiger partial charge is 0.423 e. The number of benzene rings is 1. The van der Waals surface area contributed by atoms with E-state index in [1.165, 1.54) is 17.0 Å². The van der Waals surface area contributed by atoms with Crippen molar-refractivity contribution < 1.29 is 30.7 Å². The van der Waals surface area contributed by atoms with E-state index in [4.69, 9.17) is 0 Å². The minimum atomic E-state index is -4.88. The zero-order valence-corrected chi connectivity index (χ0v) is 20.1. The van der Waals surface area contributed by atoms with Crippen molar-refractivity contribution in [1.29, 1.82) is 0 Å². The highest BCUT2D eigenvalue weighted by molar-refractivity contribution is 5.82. The second-order valence-corrected chi connectivity index (χ2v) is 9.25. The van der Waals surface area contributed by atoms with Gasteiger partial charge in [0.05, 0.1) is 40.2 Å². The smallest absolute Gasteiger partial charge is 0.380 e. The zero-order valence-electron chi connectivity index (χ0n) is 20.1. The molecule has 0 unspecified atom stereocenters. The minimum absolute atomic E-state index is 0.0748. The maximum absolute atomic E-state index is 14.8. The number of aryl methyl sites for hydroxylation is 1. The van der Waals surface area contributed by atoms with Gasteiger partial charge in [0.1, 0.15) is 11.4 Å². The summed E-state index contributed by atoms with van der Waals surface area (Å²) in [7, 11) is 0. The normalized spacial score (nSPS) is 17.6. The number of halogens is 7. The fraction of sp³-hybridized carbons (Fsp3) is 0.333. The first-order valence-corrected chi connectivity index (χ1v) is 11.8. The monoisotopic (exact) mass is 569 g/mol. The Balaban J connectivity index is 1.32. The summed E-state index contributed by atoms with van der Waals surface area (Å²) in [6.45, 7) is 0.135. The van der Waals surface area contributed by atoms with Gasteiger partial charge in [0.15, 0.2) is 5.82 Å². The van der Waals surface area contributed by atoms with Crippen LogP contribution in [0.2, 0.25) is 0 Å². The van der Waals surface area contributed by atoms with Gasteiger partial charge in [-0.1, -0.05) is 0 Å². The van der Waals surface area contributed by atoms with Crippen LogP contribution in [0.15, 0.2) is 46.6 Å². The summed E-state index contributed by atoms with van der Waals surface area (Å²) in [6.07, 6.45) is -4.78. The van der Waals surface area contributed by atoms with Crippen molar-refractivity contribution in [1.82, 2.24) is 29.7 Å². The first kappa shape index (κ1) is 27.2. The first-order valence-electron chi connectivity index (χ1n) is 11.8. The van der Waals surface area contributed by atoms with Crippen LogP contribution in [0.5, 0.6) is 0 Å². The highest BCUT2D eigenvalue weighted by atomic mass is 19.4. The van der Waals surface area contributed by atoms with Crippen molar-refractivity contribution in [3.05, 3.63) is 74.7 Å². The summed E-state index contributed by atoms with van der Waals surface area (Å²) in [5, 5.41) is 7.87. The lowest BCUT2D eigenvalue weighted by Gasteiger charge is -2.38. The van der Waals surface area contributed by atoms with E-state index in [2.05, 4.69) is 25.4 Å². The molecule has 0 radical (unpaired) electrons. The average molecular weight is 569 g/mol. The molecule has 40 heavy (non-hydrogen) atoms. The van der Waals surface area contributed by atoms with Crippen LogP contribution >= 0.6 is 0 Å². The van der Waals surface area contributed by atoms with Gasteiger partial charge in [0, 0.05) is 25.0 Å². The fourth-order valence-electron chi connectivity index (χ4n) is 4.52. The van der Waals surface area contributed by atoms with Gasteiger partial charge in [-0.15, -0.1) is 0 Å². The third-order valence-corrected chi connectivity index (χ3v) is 6.77. The van der Waals surface area contributed by atoms with Gasteiger partial charge in [-0.3, -0.25) is 14.2 Å². The van der Waals surface area contributed by atoms with E-state index in [1.54, 1.807) is 5.10 Å². The maximum Gasteiger partial charge on any atom is 0.423 e. The Morgan fingerprint density at radius 2 is 1.70 bits per heavy atom. The van der Waals surface area contributed by atoms with Crippen molar-refractivity contribution in [2.45, 2.75) is 44.2 Å². The lowest BCUT2D eigenvalue weighted by Crippen LogP contribution is -2.40. The van der Waals surface area contributed by atoms with E-state index in [-0.39, 0.29) is 34.8 Å². The number of aromatic nitrogens is 6. The number of fused-ring (bicyclic) bond motifs is 1. The number of nitrogens with one attached hydrogen (secondary N) is 2. The molecule has 1 aliphatic rings. The molecule has 9 nitrogen and oxygen atoms in total. The molecule has 5 rings (SSSR count). The van der Waals surface area contributed by atoms with Crippen molar-refractivity contribution in [3.8, 4) is 11.4 Å². The molecule has 1 aliphatic carbocycles. The van der Waals surface area contributed by atoms with Crippen LogP contribution < -0.4 is 16.4 Å². The first-order chi connectivity index (χ1) is 18.8. The van der Waals surface area contributed by atoms with E-state index >= 15 is 0 Å². The van der Waals surface area contributed by atoms with E-state index in [0.717, 1.165) is 12.3 Å². The van der Waals surface area contributed by atoms with Gasteiger partial charge < -0.3 is 5.32 Å². The molecule has 1 fully saturated rings. The predicted octanol–water partition coefficient (Wildman–Crippen LogP) is 4.39. The average Bonchev–Trinajstić information content (AvgIpc) is 2.87. The molecule has 0 amide bonds. The quantitative estimate of drug-likeness (QED) is 0.331. The number of H-pyrrole nitrogens is 1. The highest BCUT2D eigenvalue weighted by Crippen LogP contribution is 2.37. The number of nitrogens with zero attached hydrogens (tertiary/aromatic N) is 5. The van der Waals surface area contributed by atoms with E-state index in [9.17, 15) is 40.3 Å². The van der Waals surface area contributed by atoms with Crippen LogP contribution in [0.4, 0.5) is 36.4 Å². The number of rotatable bonds is 6. The van der Waals surface area contributed by atoms with Crippen LogP contribution in [0.1, 0.15) is 30.4 Å². The van der Waals surface area contributed by atoms with Crippen LogP contribution in [-0.2, 0) is 18.9 Å². The third kappa shape index (κ3) is 5.24. The van der Waals surface area contributed by atoms with Gasteiger partial charge in [0.2, 0.25) is 0 Å². The Hall–Kier alpha value is -4.37. The van der Waals surface area contributed by atoms with Crippen LogP contribution in [0.25, 0.3) is 22.3 Å². The third-order valence-electron chi connectivity index (χ3n) is 6.77. The molecule has 0 spiro atoms. The minimum Gasteiger partial charge on any atom is -0.380 e. The molecular formula is C24H18F7N7O2. The lowest BCUT2D eigenvalue weighted by atomic mass is 9.77. The molecule has 0 bridgehead atoms. The number of alkyl halides is 6. The Bertz CT molecular complexity index is 1680. The summed E-state index contributed by atoms with van der Waals surface area (Å²) >= 11 is 0. The van der Waals surface area contributed by atoms with E-state index in [0.29, 0.717) is 31.7 Å². The Morgan fingerprint density at radius 3 is 2.33 bits per heavy atom. The molecule has 3 heterocycles. The summed E-state index contributed by atoms with van der Waals surface area (Å²) < 4.78 is 94.3. The highest BCUT2D eigenvalue weighted by Gasteiger charge is 2.39. The molecule has 0 aliphatic heterocycles. The van der Waals surface area contributed by atoms with Crippen LogP contribution in [0, 0.1) is 11.7 Å². The Morgan fingerprint density at radius 1 is 0.975 bits per heavy atom. The second kappa shape index (κ2) is 9.98. The molecule has 4 aromatic rings. The summed E-state index contributed by atoms with van der Waals surface area (Å²) in [5.41, 5.74) is -5.00. The molecular weight excluding hydrogens is 551 g/mol. The molecule has 210 valence electrons. The molecule has 2 N–H and O–H groups in total. The lowest BCUT2D eigenvalue weighted by molar-refractivity contribution is -0.139. The molecule has 1 aromatic carbocycles. The molecule has 2 atom stereocenters. The van der Waals surface area contributed by atoms with Crippen molar-refractivity contribution in [2.24, 2.45) is 5.92 Å². The number of hydrogen-bond acceptors (Lipinski definition) is 7. The Labute approximate surface area is 219 Å². The van der Waals surface area contributed by atoms with Gasteiger partial charge >= 0.3 is 12.4 Å². The number of aromatic amines is 1. The molecule has 16 heteroatoms. The van der Waals surface area contributed by atoms with Gasteiger partial charge in [0.25, 0.3) is 11.1 Å². The van der Waals surface area contributed by atoms with Crippen LogP contribution in [0.3, 0.4) is 0 Å². The topological polar surface area (TPSA) is 118 Å². The molecule has 0 saturated heterocycles. The maximum atomic E-state index is 14.8. The van der Waals surface area contributed by atoms with Gasteiger partial charge in [-0.2, -0.15) is 31.4 Å². The van der Waals surface area contributed by atoms with E-state index in [1.807, 2.05) is 0 Å². The SMILES string of the molecule is O=c1[nH]ncc(N[C@H]2CC[C@@H]2CCn2cnc3cc(-c4ncc(C(F)(F)F)cn4)c(F)cc3c2=O)c1C(F)(F)F. The number of anilines is 1. The van der Waals surface area contributed by atoms with Crippen LogP contribution in [-0.4, -0.2) is 35.8 Å². The molecule has 3 aromatic heterocycles.